The van der Waals surface area contributed by atoms with Gasteiger partial charge in [0, 0.05) is 36.9 Å². The lowest BCUT2D eigenvalue weighted by Gasteiger charge is -2.17. The topological polar surface area (TPSA) is 64.0 Å². The highest BCUT2D eigenvalue weighted by Gasteiger charge is 2.16. The first-order valence-corrected chi connectivity index (χ1v) is 8.80. The van der Waals surface area contributed by atoms with Crippen molar-refractivity contribution < 1.29 is 8.42 Å². The molecule has 0 amide bonds. The Kier molecular flexibility index (Phi) is 6.00. The minimum atomic E-state index is -2.88. The number of nitrogens with one attached hydrogen (secondary N) is 1. The van der Waals surface area contributed by atoms with Crippen molar-refractivity contribution in [3.8, 4) is 0 Å². The van der Waals surface area contributed by atoms with Crippen LogP contribution in [0.4, 0.5) is 0 Å². The van der Waals surface area contributed by atoms with Gasteiger partial charge in [-0.25, -0.2) is 8.42 Å². The maximum Gasteiger partial charge on any atom is 0.147 e. The molecule has 0 saturated carbocycles. The Morgan fingerprint density at radius 3 is 2.63 bits per heavy atom. The van der Waals surface area contributed by atoms with Crippen molar-refractivity contribution in [1.29, 1.82) is 0 Å². The average Bonchev–Trinajstić information content (AvgIpc) is 2.61. The molecule has 0 aromatic carbocycles. The fourth-order valence-corrected chi connectivity index (χ4v) is 2.89. The van der Waals surface area contributed by atoms with Crippen molar-refractivity contribution in [2.24, 2.45) is 7.05 Å². The predicted molar refractivity (Wildman–Crippen MR) is 77.9 cm³/mol. The molecule has 0 fully saturated rings. The molecule has 1 N–H and O–H groups in total. The Hall–Kier alpha value is -0.880. The highest BCUT2D eigenvalue weighted by molar-refractivity contribution is 7.90. The van der Waals surface area contributed by atoms with Crippen LogP contribution >= 0.6 is 0 Å². The molecule has 1 unspecified atom stereocenters. The Balaban J connectivity index is 2.69. The summed E-state index contributed by atoms with van der Waals surface area (Å²) < 4.78 is 24.2. The average molecular weight is 287 g/mol. The molecule has 1 heterocycles. The van der Waals surface area contributed by atoms with E-state index in [-0.39, 0.29) is 11.8 Å². The van der Waals surface area contributed by atoms with E-state index in [1.54, 1.807) is 0 Å². The van der Waals surface area contributed by atoms with Gasteiger partial charge in [0.1, 0.15) is 9.84 Å². The van der Waals surface area contributed by atoms with Gasteiger partial charge < -0.3 is 5.32 Å². The molecule has 0 saturated heterocycles. The molecule has 0 spiro atoms. The van der Waals surface area contributed by atoms with Crippen molar-refractivity contribution >= 4 is 9.84 Å². The lowest BCUT2D eigenvalue weighted by atomic mass is 10.0. The summed E-state index contributed by atoms with van der Waals surface area (Å²) in [6.45, 7) is 5.04. The summed E-state index contributed by atoms with van der Waals surface area (Å²) in [5.74, 6) is 0.247. The van der Waals surface area contributed by atoms with Crippen molar-refractivity contribution in [1.82, 2.24) is 15.1 Å². The second-order valence-electron chi connectivity index (χ2n) is 5.12. The van der Waals surface area contributed by atoms with Gasteiger partial charge in [-0.3, -0.25) is 4.68 Å². The molecule has 0 aliphatic carbocycles. The van der Waals surface area contributed by atoms with E-state index in [0.29, 0.717) is 6.42 Å². The zero-order valence-corrected chi connectivity index (χ0v) is 13.1. The first-order valence-electron chi connectivity index (χ1n) is 6.74. The number of hydrogen-bond donors (Lipinski definition) is 1. The zero-order valence-electron chi connectivity index (χ0n) is 12.3. The number of rotatable bonds is 8. The van der Waals surface area contributed by atoms with Crippen LogP contribution in [-0.4, -0.2) is 36.8 Å². The summed E-state index contributed by atoms with van der Waals surface area (Å²) in [7, 11) is -0.969. The van der Waals surface area contributed by atoms with Gasteiger partial charge in [0.15, 0.2) is 0 Å². The smallest absolute Gasteiger partial charge is 0.147 e. The number of nitrogens with zero attached hydrogens (tertiary/aromatic N) is 2. The highest BCUT2D eigenvalue weighted by atomic mass is 32.2. The summed E-state index contributed by atoms with van der Waals surface area (Å²) >= 11 is 0. The molecule has 1 aromatic heterocycles. The van der Waals surface area contributed by atoms with Gasteiger partial charge in [-0.1, -0.05) is 6.92 Å². The van der Waals surface area contributed by atoms with Crippen LogP contribution in [0.15, 0.2) is 6.20 Å². The second-order valence-corrected chi connectivity index (χ2v) is 7.38. The molecule has 19 heavy (non-hydrogen) atoms. The standard InChI is InChI=1S/C13H25N3O2S/c1-5-8-14-13(7-6-9-19(4,17)18)12-10-16(3)15-11(12)2/h10,13-14H,5-9H2,1-4H3. The Morgan fingerprint density at radius 1 is 1.47 bits per heavy atom. The van der Waals surface area contributed by atoms with Crippen LogP contribution in [-0.2, 0) is 16.9 Å². The molecule has 5 nitrogen and oxygen atoms in total. The largest absolute Gasteiger partial charge is 0.310 e. The van der Waals surface area contributed by atoms with Crippen LogP contribution in [0.25, 0.3) is 0 Å². The van der Waals surface area contributed by atoms with Crippen LogP contribution < -0.4 is 5.32 Å². The number of hydrogen-bond acceptors (Lipinski definition) is 4. The minimum Gasteiger partial charge on any atom is -0.310 e. The lowest BCUT2D eigenvalue weighted by Crippen LogP contribution is -2.23. The van der Waals surface area contributed by atoms with Crippen LogP contribution in [0.3, 0.4) is 0 Å². The minimum absolute atomic E-state index is 0.190. The van der Waals surface area contributed by atoms with Gasteiger partial charge in [-0.15, -0.1) is 0 Å². The predicted octanol–water partition coefficient (Wildman–Crippen LogP) is 1.59. The van der Waals surface area contributed by atoms with Gasteiger partial charge >= 0.3 is 0 Å². The number of sulfone groups is 1. The van der Waals surface area contributed by atoms with Gasteiger partial charge in [0.25, 0.3) is 0 Å². The van der Waals surface area contributed by atoms with E-state index in [2.05, 4.69) is 17.3 Å². The Morgan fingerprint density at radius 2 is 2.16 bits per heavy atom. The zero-order chi connectivity index (χ0) is 14.5. The van der Waals surface area contributed by atoms with E-state index in [9.17, 15) is 8.42 Å². The summed E-state index contributed by atoms with van der Waals surface area (Å²) in [4.78, 5) is 0. The SMILES string of the molecule is CCCNC(CCCS(C)(=O)=O)c1cn(C)nc1C. The van der Waals surface area contributed by atoms with Gasteiger partial charge in [0.2, 0.25) is 0 Å². The quantitative estimate of drug-likeness (QED) is 0.788. The molecule has 0 aliphatic rings. The molecule has 6 heteroatoms. The van der Waals surface area contributed by atoms with Crippen LogP contribution in [0.2, 0.25) is 0 Å². The van der Waals surface area contributed by atoms with Gasteiger partial charge in [0.05, 0.1) is 5.69 Å². The van der Waals surface area contributed by atoms with E-state index in [1.165, 1.54) is 11.8 Å². The number of aromatic nitrogens is 2. The third-order valence-corrected chi connectivity index (χ3v) is 4.11. The lowest BCUT2D eigenvalue weighted by molar-refractivity contribution is 0.490. The Bertz CT molecular complexity index is 494. The third kappa shape index (κ3) is 5.74. The summed E-state index contributed by atoms with van der Waals surface area (Å²) in [6, 6.07) is 0.190. The molecular weight excluding hydrogens is 262 g/mol. The molecule has 1 aromatic rings. The fraction of sp³-hybridized carbons (Fsp3) is 0.769. The summed E-state index contributed by atoms with van der Waals surface area (Å²) in [6.07, 6.45) is 5.86. The molecular formula is C13H25N3O2S. The highest BCUT2D eigenvalue weighted by Crippen LogP contribution is 2.21. The first kappa shape index (κ1) is 16.2. The maximum atomic E-state index is 11.2. The molecule has 0 radical (unpaired) electrons. The van der Waals surface area contributed by atoms with Gasteiger partial charge in [-0.05, 0) is 32.7 Å². The third-order valence-electron chi connectivity index (χ3n) is 3.08. The first-order chi connectivity index (χ1) is 8.83. The molecule has 110 valence electrons. The molecule has 1 rings (SSSR count). The van der Waals surface area contributed by atoms with E-state index >= 15 is 0 Å². The number of aryl methyl sites for hydroxylation is 2. The van der Waals surface area contributed by atoms with Crippen molar-refractivity contribution in [2.75, 3.05) is 18.6 Å². The fourth-order valence-electron chi connectivity index (χ4n) is 2.20. The molecule has 1 atom stereocenters. The molecule has 0 aliphatic heterocycles. The van der Waals surface area contributed by atoms with E-state index in [0.717, 1.165) is 25.1 Å². The van der Waals surface area contributed by atoms with Crippen molar-refractivity contribution in [2.45, 2.75) is 39.2 Å². The van der Waals surface area contributed by atoms with Crippen LogP contribution in [0.1, 0.15) is 43.5 Å². The summed E-state index contributed by atoms with van der Waals surface area (Å²) in [5.41, 5.74) is 2.18. The normalized spacial score (nSPS) is 13.7. The monoisotopic (exact) mass is 287 g/mol. The molecule has 0 bridgehead atoms. The Labute approximate surface area is 116 Å². The van der Waals surface area contributed by atoms with Crippen LogP contribution in [0.5, 0.6) is 0 Å². The van der Waals surface area contributed by atoms with E-state index in [1.807, 2.05) is 24.9 Å². The van der Waals surface area contributed by atoms with Crippen LogP contribution in [0, 0.1) is 6.92 Å². The maximum absolute atomic E-state index is 11.2. The van der Waals surface area contributed by atoms with E-state index in [4.69, 9.17) is 0 Å². The van der Waals surface area contributed by atoms with E-state index < -0.39 is 9.84 Å². The summed E-state index contributed by atoms with van der Waals surface area (Å²) in [5, 5.41) is 7.83. The van der Waals surface area contributed by atoms with Crippen molar-refractivity contribution in [3.63, 3.8) is 0 Å². The second kappa shape index (κ2) is 7.05. The van der Waals surface area contributed by atoms with Gasteiger partial charge in [-0.2, -0.15) is 5.10 Å². The van der Waals surface area contributed by atoms with Crippen molar-refractivity contribution in [3.05, 3.63) is 17.5 Å².